The van der Waals surface area contributed by atoms with Gasteiger partial charge in [0.15, 0.2) is 16.6 Å². The Balaban J connectivity index is 4.66. The van der Waals surface area contributed by atoms with Crippen LogP contribution in [-0.4, -0.2) is 29.2 Å². The van der Waals surface area contributed by atoms with Gasteiger partial charge in [0.05, 0.1) is 6.61 Å². The van der Waals surface area contributed by atoms with Crippen LogP contribution in [-0.2, 0) is 13.6 Å². The van der Waals surface area contributed by atoms with Crippen LogP contribution in [0.25, 0.3) is 0 Å². The average Bonchev–Trinajstić information content (AvgIpc) is 2.10. The molecule has 0 fully saturated rings. The molecule has 0 aliphatic heterocycles. The fraction of sp³-hybridized carbons (Fsp3) is 0.750. The summed E-state index contributed by atoms with van der Waals surface area (Å²) in [6, 6.07) is 0. The molecule has 0 heterocycles. The van der Waals surface area contributed by atoms with Gasteiger partial charge in [-0.2, -0.15) is 0 Å². The molecule has 5 heteroatoms. The average molecular weight is 275 g/mol. The molecular weight excluding hydrogens is 248 g/mol. The fourth-order valence-electron chi connectivity index (χ4n) is 1.39. The largest absolute Gasteiger partial charge is 0.462 e. The maximum Gasteiger partial charge on any atom is 0.330 e. The standard InChI is InChI=1S/C12H26O3Si2/c1-9-11(13)14-10-12(2,3)17(7,8)15-16(4,5)6/h9H,1,10H2,2-8H3. The summed E-state index contributed by atoms with van der Waals surface area (Å²) in [4.78, 5) is 11.1. The molecule has 0 rings (SSSR count). The van der Waals surface area contributed by atoms with Gasteiger partial charge < -0.3 is 8.85 Å². The topological polar surface area (TPSA) is 35.5 Å². The molecule has 0 radical (unpaired) electrons. The molecule has 0 atom stereocenters. The predicted octanol–water partition coefficient (Wildman–Crippen LogP) is 3.55. The van der Waals surface area contributed by atoms with Gasteiger partial charge in [0.25, 0.3) is 0 Å². The third kappa shape index (κ3) is 5.65. The van der Waals surface area contributed by atoms with Crippen LogP contribution in [0.15, 0.2) is 12.7 Å². The van der Waals surface area contributed by atoms with Crippen molar-refractivity contribution in [2.45, 2.75) is 51.6 Å². The normalized spacial score (nSPS) is 13.4. The lowest BCUT2D eigenvalue weighted by Gasteiger charge is -2.42. The molecule has 0 aromatic rings. The Hall–Kier alpha value is -0.396. The van der Waals surface area contributed by atoms with E-state index in [1.54, 1.807) is 0 Å². The molecule has 0 bridgehead atoms. The molecule has 0 aliphatic carbocycles. The molecule has 0 aliphatic rings. The highest BCUT2D eigenvalue weighted by molar-refractivity contribution is 6.85. The minimum absolute atomic E-state index is 0.105. The van der Waals surface area contributed by atoms with E-state index in [0.29, 0.717) is 6.61 Å². The Bertz CT molecular complexity index is 291. The van der Waals surface area contributed by atoms with Crippen molar-refractivity contribution in [3.8, 4) is 0 Å². The van der Waals surface area contributed by atoms with E-state index >= 15 is 0 Å². The minimum atomic E-state index is -1.90. The molecule has 0 N–H and O–H groups in total. The highest BCUT2D eigenvalue weighted by Crippen LogP contribution is 2.39. The van der Waals surface area contributed by atoms with Crippen LogP contribution in [0, 0.1) is 0 Å². The van der Waals surface area contributed by atoms with Crippen molar-refractivity contribution >= 4 is 22.6 Å². The number of esters is 1. The van der Waals surface area contributed by atoms with Gasteiger partial charge in [-0.3, -0.25) is 0 Å². The maximum absolute atomic E-state index is 11.1. The Morgan fingerprint density at radius 2 is 1.71 bits per heavy atom. The zero-order valence-electron chi connectivity index (χ0n) is 12.2. The van der Waals surface area contributed by atoms with Gasteiger partial charge in [-0.25, -0.2) is 4.79 Å². The maximum atomic E-state index is 11.1. The highest BCUT2D eigenvalue weighted by Gasteiger charge is 2.44. The van der Waals surface area contributed by atoms with Gasteiger partial charge in [-0.1, -0.05) is 20.4 Å². The third-order valence-corrected chi connectivity index (χ3v) is 10.8. The van der Waals surface area contributed by atoms with Crippen LogP contribution >= 0.6 is 0 Å². The molecule has 0 aromatic heterocycles. The van der Waals surface area contributed by atoms with Gasteiger partial charge in [0.2, 0.25) is 0 Å². The first kappa shape index (κ1) is 16.6. The van der Waals surface area contributed by atoms with E-state index in [4.69, 9.17) is 8.85 Å². The number of carbonyl (C=O) groups is 1. The summed E-state index contributed by atoms with van der Waals surface area (Å²) in [6.45, 7) is 18.9. The fourth-order valence-corrected chi connectivity index (χ4v) is 9.04. The van der Waals surface area contributed by atoms with E-state index in [1.807, 2.05) is 0 Å². The van der Waals surface area contributed by atoms with Crippen molar-refractivity contribution in [3.63, 3.8) is 0 Å². The Morgan fingerprint density at radius 1 is 1.24 bits per heavy atom. The SMILES string of the molecule is C=CC(=O)OCC(C)(C)[Si](C)(C)O[Si](C)(C)C. The zero-order chi connectivity index (χ0) is 13.9. The van der Waals surface area contributed by atoms with E-state index in [0.717, 1.165) is 0 Å². The summed E-state index contributed by atoms with van der Waals surface area (Å²) in [5.74, 6) is -0.365. The quantitative estimate of drug-likeness (QED) is 0.422. The second kappa shape index (κ2) is 5.50. The molecule has 0 unspecified atom stereocenters. The predicted molar refractivity (Wildman–Crippen MR) is 77.1 cm³/mol. The van der Waals surface area contributed by atoms with Gasteiger partial charge in [-0.15, -0.1) is 0 Å². The van der Waals surface area contributed by atoms with Crippen LogP contribution in [0.1, 0.15) is 13.8 Å². The van der Waals surface area contributed by atoms with E-state index in [1.165, 1.54) is 6.08 Å². The number of carbonyl (C=O) groups excluding carboxylic acids is 1. The van der Waals surface area contributed by atoms with Gasteiger partial charge in [0, 0.05) is 11.1 Å². The molecule has 0 saturated heterocycles. The van der Waals surface area contributed by atoms with Crippen molar-refractivity contribution in [3.05, 3.63) is 12.7 Å². The zero-order valence-corrected chi connectivity index (χ0v) is 14.2. The Morgan fingerprint density at radius 3 is 2.06 bits per heavy atom. The van der Waals surface area contributed by atoms with Crippen molar-refractivity contribution in [2.75, 3.05) is 6.61 Å². The first-order chi connectivity index (χ1) is 7.41. The smallest absolute Gasteiger partial charge is 0.330 e. The van der Waals surface area contributed by atoms with Crippen LogP contribution in [0.2, 0.25) is 37.8 Å². The first-order valence-corrected chi connectivity index (χ1v) is 12.2. The van der Waals surface area contributed by atoms with Crippen LogP contribution < -0.4 is 0 Å². The first-order valence-electron chi connectivity index (χ1n) is 5.91. The van der Waals surface area contributed by atoms with Gasteiger partial charge in [0.1, 0.15) is 0 Å². The lowest BCUT2D eigenvalue weighted by molar-refractivity contribution is -0.138. The Labute approximate surface area is 107 Å². The van der Waals surface area contributed by atoms with Crippen LogP contribution in [0.4, 0.5) is 0 Å². The van der Waals surface area contributed by atoms with Gasteiger partial charge >= 0.3 is 5.97 Å². The second-order valence-electron chi connectivity index (χ2n) is 6.42. The molecule has 17 heavy (non-hydrogen) atoms. The Kier molecular flexibility index (Phi) is 5.37. The second-order valence-corrected chi connectivity index (χ2v) is 15.8. The van der Waals surface area contributed by atoms with Crippen LogP contribution in [0.3, 0.4) is 0 Å². The number of hydrogen-bond donors (Lipinski definition) is 0. The molecular formula is C12H26O3Si2. The monoisotopic (exact) mass is 274 g/mol. The molecule has 0 aromatic carbocycles. The highest BCUT2D eigenvalue weighted by atomic mass is 28.4. The van der Waals surface area contributed by atoms with Crippen molar-refractivity contribution in [2.24, 2.45) is 0 Å². The molecule has 0 amide bonds. The van der Waals surface area contributed by atoms with Crippen molar-refractivity contribution < 1.29 is 13.6 Å². The van der Waals surface area contributed by atoms with Crippen LogP contribution in [0.5, 0.6) is 0 Å². The van der Waals surface area contributed by atoms with Crippen molar-refractivity contribution in [1.82, 2.24) is 0 Å². The van der Waals surface area contributed by atoms with E-state index in [9.17, 15) is 4.79 Å². The summed E-state index contributed by atoms with van der Waals surface area (Å²) in [5.41, 5.74) is 0. The van der Waals surface area contributed by atoms with Gasteiger partial charge in [-0.05, 0) is 32.7 Å². The summed E-state index contributed by atoms with van der Waals surface area (Å²) in [6.07, 6.45) is 1.20. The lowest BCUT2D eigenvalue weighted by Crippen LogP contribution is -2.51. The molecule has 3 nitrogen and oxygen atoms in total. The molecule has 0 saturated carbocycles. The third-order valence-electron chi connectivity index (χ3n) is 2.93. The number of ether oxygens (including phenoxy) is 1. The molecule has 0 spiro atoms. The summed E-state index contributed by atoms with van der Waals surface area (Å²) in [5, 5.41) is -0.105. The summed E-state index contributed by atoms with van der Waals surface area (Å²) in [7, 11) is -3.46. The number of hydrogen-bond acceptors (Lipinski definition) is 3. The van der Waals surface area contributed by atoms with Crippen molar-refractivity contribution in [1.29, 1.82) is 0 Å². The number of rotatable bonds is 6. The van der Waals surface area contributed by atoms with E-state index < -0.39 is 16.6 Å². The summed E-state index contributed by atoms with van der Waals surface area (Å²) >= 11 is 0. The molecule has 100 valence electrons. The van der Waals surface area contributed by atoms with E-state index in [2.05, 4.69) is 53.2 Å². The lowest BCUT2D eigenvalue weighted by atomic mass is 10.2. The minimum Gasteiger partial charge on any atom is -0.462 e. The van der Waals surface area contributed by atoms with E-state index in [-0.39, 0.29) is 11.0 Å². The summed E-state index contributed by atoms with van der Waals surface area (Å²) < 4.78 is 11.5.